The Morgan fingerprint density at radius 1 is 1.13 bits per heavy atom. The molecule has 1 aliphatic heterocycles. The van der Waals surface area contributed by atoms with E-state index >= 15 is 0 Å². The normalized spacial score (nSPS) is 22.4. The number of benzene rings is 1. The highest BCUT2D eigenvalue weighted by atomic mass is 16.3. The average molecular weight is 420 g/mol. The third-order valence-corrected chi connectivity index (χ3v) is 6.91. The molecule has 0 radical (unpaired) electrons. The van der Waals surface area contributed by atoms with Crippen LogP contribution in [0.15, 0.2) is 53.1 Å². The predicted molar refractivity (Wildman–Crippen MR) is 119 cm³/mol. The lowest BCUT2D eigenvalue weighted by Crippen LogP contribution is -2.64. The second-order valence-corrected chi connectivity index (χ2v) is 9.10. The van der Waals surface area contributed by atoms with Crippen LogP contribution in [0, 0.1) is 0 Å². The fourth-order valence-electron chi connectivity index (χ4n) is 5.05. The Balaban J connectivity index is 1.51. The maximum absolute atomic E-state index is 13.7. The van der Waals surface area contributed by atoms with E-state index < -0.39 is 5.54 Å². The molecule has 31 heavy (non-hydrogen) atoms. The Morgan fingerprint density at radius 3 is 2.61 bits per heavy atom. The number of amides is 2. The van der Waals surface area contributed by atoms with Crippen molar-refractivity contribution in [1.29, 1.82) is 0 Å². The number of rotatable bonds is 4. The van der Waals surface area contributed by atoms with Crippen LogP contribution in [-0.4, -0.2) is 32.9 Å². The van der Waals surface area contributed by atoms with Crippen molar-refractivity contribution in [1.82, 2.24) is 14.8 Å². The van der Waals surface area contributed by atoms with Gasteiger partial charge in [-0.05, 0) is 25.3 Å². The first kappa shape index (κ1) is 19.9. The molecule has 162 valence electrons. The van der Waals surface area contributed by atoms with Crippen LogP contribution in [0.25, 0.3) is 11.1 Å². The zero-order valence-corrected chi connectivity index (χ0v) is 18.0. The number of hydrogen-bond acceptors (Lipinski definition) is 3. The summed E-state index contributed by atoms with van der Waals surface area (Å²) < 4.78 is 7.48. The van der Waals surface area contributed by atoms with Gasteiger partial charge in [0, 0.05) is 24.7 Å². The van der Waals surface area contributed by atoms with Crippen molar-refractivity contribution in [3.63, 3.8) is 0 Å². The zero-order chi connectivity index (χ0) is 21.4. The van der Waals surface area contributed by atoms with Gasteiger partial charge in [0.05, 0.1) is 18.3 Å². The van der Waals surface area contributed by atoms with Crippen LogP contribution in [0.5, 0.6) is 0 Å². The second kappa shape index (κ2) is 7.91. The van der Waals surface area contributed by atoms with Crippen LogP contribution in [0.4, 0.5) is 0 Å². The number of furan rings is 1. The zero-order valence-electron chi connectivity index (χ0n) is 18.0. The Morgan fingerprint density at radius 2 is 1.87 bits per heavy atom. The van der Waals surface area contributed by atoms with Crippen molar-refractivity contribution in [2.24, 2.45) is 0 Å². The van der Waals surface area contributed by atoms with Crippen LogP contribution < -0.4 is 5.32 Å². The molecule has 0 unspecified atom stereocenters. The number of fused-ring (bicyclic) bond motifs is 3. The van der Waals surface area contributed by atoms with E-state index in [0.29, 0.717) is 24.4 Å². The molecule has 6 nitrogen and oxygen atoms in total. The van der Waals surface area contributed by atoms with Gasteiger partial charge in [0.1, 0.15) is 11.2 Å². The molecule has 0 spiro atoms. The Kier molecular flexibility index (Phi) is 5.08. The van der Waals surface area contributed by atoms with Crippen molar-refractivity contribution in [2.45, 2.75) is 70.1 Å². The summed E-state index contributed by atoms with van der Waals surface area (Å²) in [4.78, 5) is 29.1. The summed E-state index contributed by atoms with van der Waals surface area (Å²) in [7, 11) is 0. The lowest BCUT2D eigenvalue weighted by molar-refractivity contribution is -0.134. The molecule has 1 aromatic carbocycles. The molecular weight excluding hydrogens is 390 g/mol. The molecule has 1 N–H and O–H groups in total. The summed E-state index contributed by atoms with van der Waals surface area (Å²) in [5.41, 5.74) is 2.13. The van der Waals surface area contributed by atoms with Crippen LogP contribution >= 0.6 is 0 Å². The molecule has 3 aromatic rings. The summed E-state index contributed by atoms with van der Waals surface area (Å²) in [5, 5.41) is 3.30. The molecule has 2 aromatic heterocycles. The number of nitrogens with one attached hydrogen (secondary N) is 1. The highest BCUT2D eigenvalue weighted by Crippen LogP contribution is 2.34. The smallest absolute Gasteiger partial charge is 0.271 e. The molecule has 0 saturated heterocycles. The standard InChI is InChI=1S/C25H29N3O3/c1-25(24(30)26-19-11-7-2-3-8-12-19)17-27-20-13-14-31-22(20)15-21(27)23(29)28(25)16-18-9-5-4-6-10-18/h4-6,9-10,13-15,19H,2-3,7-8,11-12,16-17H2,1H3,(H,26,30)/t25-/m0/s1. The van der Waals surface area contributed by atoms with Gasteiger partial charge < -0.3 is 19.2 Å². The highest BCUT2D eigenvalue weighted by molar-refractivity contribution is 6.02. The molecule has 1 aliphatic carbocycles. The van der Waals surface area contributed by atoms with Gasteiger partial charge in [-0.3, -0.25) is 9.59 Å². The summed E-state index contributed by atoms with van der Waals surface area (Å²) in [6.07, 6.45) is 8.39. The maximum Gasteiger partial charge on any atom is 0.271 e. The lowest BCUT2D eigenvalue weighted by atomic mass is 9.93. The van der Waals surface area contributed by atoms with Crippen LogP contribution in [0.2, 0.25) is 0 Å². The quantitative estimate of drug-likeness (QED) is 0.634. The van der Waals surface area contributed by atoms with Gasteiger partial charge in [-0.1, -0.05) is 56.0 Å². The monoisotopic (exact) mass is 419 g/mol. The van der Waals surface area contributed by atoms with E-state index in [9.17, 15) is 9.59 Å². The number of carbonyl (C=O) groups excluding carboxylic acids is 2. The van der Waals surface area contributed by atoms with Crippen molar-refractivity contribution in [2.75, 3.05) is 0 Å². The van der Waals surface area contributed by atoms with Crippen molar-refractivity contribution in [3.05, 3.63) is 60.0 Å². The molecule has 3 heterocycles. The van der Waals surface area contributed by atoms with Gasteiger partial charge in [-0.25, -0.2) is 0 Å². The first-order valence-corrected chi connectivity index (χ1v) is 11.3. The Labute approximate surface area is 182 Å². The first-order chi connectivity index (χ1) is 15.1. The van der Waals surface area contributed by atoms with Gasteiger partial charge in [-0.2, -0.15) is 0 Å². The van der Waals surface area contributed by atoms with Gasteiger partial charge >= 0.3 is 0 Å². The molecule has 1 atom stereocenters. The van der Waals surface area contributed by atoms with Gasteiger partial charge in [0.15, 0.2) is 5.58 Å². The van der Waals surface area contributed by atoms with E-state index in [1.165, 1.54) is 12.8 Å². The van der Waals surface area contributed by atoms with E-state index in [2.05, 4.69) is 5.32 Å². The summed E-state index contributed by atoms with van der Waals surface area (Å²) >= 11 is 0. The molecule has 6 heteroatoms. The summed E-state index contributed by atoms with van der Waals surface area (Å²) in [6, 6.07) is 13.7. The minimum atomic E-state index is -0.991. The minimum Gasteiger partial charge on any atom is -0.463 e. The molecule has 1 saturated carbocycles. The fraction of sp³-hybridized carbons (Fsp3) is 0.440. The van der Waals surface area contributed by atoms with Crippen molar-refractivity contribution >= 4 is 22.9 Å². The van der Waals surface area contributed by atoms with E-state index in [0.717, 1.165) is 36.8 Å². The average Bonchev–Trinajstić information content (AvgIpc) is 3.26. The maximum atomic E-state index is 13.7. The largest absolute Gasteiger partial charge is 0.463 e. The van der Waals surface area contributed by atoms with E-state index in [-0.39, 0.29) is 17.9 Å². The highest BCUT2D eigenvalue weighted by Gasteiger charge is 2.48. The molecule has 1 fully saturated rings. The van der Waals surface area contributed by atoms with Gasteiger partial charge in [0.2, 0.25) is 5.91 Å². The molecular formula is C25H29N3O3. The van der Waals surface area contributed by atoms with Crippen LogP contribution in [0.3, 0.4) is 0 Å². The van der Waals surface area contributed by atoms with Crippen molar-refractivity contribution in [3.8, 4) is 0 Å². The first-order valence-electron chi connectivity index (χ1n) is 11.3. The number of nitrogens with zero attached hydrogens (tertiary/aromatic N) is 2. The van der Waals surface area contributed by atoms with Gasteiger partial charge in [0.25, 0.3) is 5.91 Å². The molecule has 2 amide bonds. The SMILES string of the molecule is C[C@@]1(C(=O)NC2CCCCCC2)Cn2c(cc3occc32)C(=O)N1Cc1ccccc1. The molecule has 0 bridgehead atoms. The Hall–Kier alpha value is -3.02. The number of aromatic nitrogens is 1. The predicted octanol–water partition coefficient (Wildman–Crippen LogP) is 4.49. The number of carbonyl (C=O) groups is 2. The fourth-order valence-corrected chi connectivity index (χ4v) is 5.05. The second-order valence-electron chi connectivity index (χ2n) is 9.10. The molecule has 2 aliphatic rings. The summed E-state index contributed by atoms with van der Waals surface area (Å²) in [5.74, 6) is -0.209. The van der Waals surface area contributed by atoms with Crippen molar-refractivity contribution < 1.29 is 14.0 Å². The summed E-state index contributed by atoms with van der Waals surface area (Å²) in [6.45, 7) is 2.69. The molecule has 5 rings (SSSR count). The number of hydrogen-bond donors (Lipinski definition) is 1. The third kappa shape index (κ3) is 3.54. The van der Waals surface area contributed by atoms with E-state index in [4.69, 9.17) is 4.42 Å². The topological polar surface area (TPSA) is 67.5 Å². The van der Waals surface area contributed by atoms with Crippen LogP contribution in [-0.2, 0) is 17.9 Å². The Bertz CT molecular complexity index is 1090. The lowest BCUT2D eigenvalue weighted by Gasteiger charge is -2.44. The van der Waals surface area contributed by atoms with E-state index in [1.54, 1.807) is 17.2 Å². The van der Waals surface area contributed by atoms with E-state index in [1.807, 2.05) is 47.9 Å². The van der Waals surface area contributed by atoms with Gasteiger partial charge in [-0.15, -0.1) is 0 Å². The van der Waals surface area contributed by atoms with Crippen LogP contribution in [0.1, 0.15) is 61.5 Å². The third-order valence-electron chi connectivity index (χ3n) is 6.91. The minimum absolute atomic E-state index is 0.0697.